The molecular weight excluding hydrogens is 229 g/mol. The van der Waals surface area contributed by atoms with E-state index in [1.54, 1.807) is 0 Å². The molecule has 0 radical (unpaired) electrons. The summed E-state index contributed by atoms with van der Waals surface area (Å²) >= 11 is 0. The van der Waals surface area contributed by atoms with Crippen molar-refractivity contribution in [3.63, 3.8) is 0 Å². The molecule has 1 rings (SSSR count). The van der Waals surface area contributed by atoms with Crippen LogP contribution in [0.3, 0.4) is 0 Å². The van der Waals surface area contributed by atoms with E-state index in [2.05, 4.69) is 0 Å². The third-order valence-electron chi connectivity index (χ3n) is 1.72. The Bertz CT molecular complexity index is 328. The number of hydrogen-bond acceptors (Lipinski definition) is 3. The molecule has 0 aliphatic carbocycles. The summed E-state index contributed by atoms with van der Waals surface area (Å²) in [6, 6.07) is 3.45. The second kappa shape index (κ2) is 3.93. The van der Waals surface area contributed by atoms with Crippen molar-refractivity contribution in [1.29, 1.82) is 0 Å². The van der Waals surface area contributed by atoms with E-state index in [1.807, 2.05) is 0 Å². The lowest BCUT2D eigenvalue weighted by Gasteiger charge is -2.10. The molecule has 0 heterocycles. The largest absolute Gasteiger partial charge is 0.497 e. The second-order valence-electron chi connectivity index (χ2n) is 3.15. The van der Waals surface area contributed by atoms with E-state index >= 15 is 0 Å². The number of hydrogen-bond donors (Lipinski definition) is 3. The van der Waals surface area contributed by atoms with Gasteiger partial charge in [0, 0.05) is 6.04 Å². The Morgan fingerprint density at radius 2 is 1.47 bits per heavy atom. The minimum absolute atomic E-state index is 0.252. The van der Waals surface area contributed by atoms with Gasteiger partial charge in [-0.2, -0.15) is 13.2 Å². The lowest BCUT2D eigenvalue weighted by molar-refractivity contribution is -0.137. The Morgan fingerprint density at radius 1 is 1.00 bits per heavy atom. The molecular formula is C8H9F3O3Si. The van der Waals surface area contributed by atoms with Crippen LogP contribution in [0.15, 0.2) is 24.3 Å². The average molecular weight is 238 g/mol. The fourth-order valence-corrected chi connectivity index (χ4v) is 1.87. The van der Waals surface area contributed by atoms with Crippen LogP contribution in [0.1, 0.15) is 11.1 Å². The Balaban J connectivity index is 2.82. The van der Waals surface area contributed by atoms with Gasteiger partial charge in [0.25, 0.3) is 0 Å². The molecule has 15 heavy (non-hydrogen) atoms. The zero-order valence-electron chi connectivity index (χ0n) is 7.49. The Hall–Kier alpha value is -0.893. The fourth-order valence-electron chi connectivity index (χ4n) is 1.09. The van der Waals surface area contributed by atoms with Gasteiger partial charge in [0.05, 0.1) is 5.56 Å². The predicted octanol–water partition coefficient (Wildman–Crippen LogP) is 0.703. The molecule has 84 valence electrons. The maximum Gasteiger partial charge on any atom is 0.497 e. The summed E-state index contributed by atoms with van der Waals surface area (Å²) in [6.45, 7) is 0. The van der Waals surface area contributed by atoms with Crippen LogP contribution in [0.5, 0.6) is 0 Å². The van der Waals surface area contributed by atoms with Crippen LogP contribution in [-0.2, 0) is 12.2 Å². The first-order chi connectivity index (χ1) is 6.68. The number of benzene rings is 1. The highest BCUT2D eigenvalue weighted by Crippen LogP contribution is 2.29. The van der Waals surface area contributed by atoms with E-state index in [1.165, 1.54) is 0 Å². The molecule has 0 saturated heterocycles. The topological polar surface area (TPSA) is 60.7 Å². The van der Waals surface area contributed by atoms with Crippen molar-refractivity contribution in [2.75, 3.05) is 0 Å². The number of rotatable bonds is 2. The highest BCUT2D eigenvalue weighted by molar-refractivity contribution is 6.55. The quantitative estimate of drug-likeness (QED) is 0.665. The van der Waals surface area contributed by atoms with Gasteiger partial charge in [0.15, 0.2) is 0 Å². The number of halogens is 3. The molecule has 0 atom stereocenters. The first-order valence-corrected chi connectivity index (χ1v) is 6.06. The van der Waals surface area contributed by atoms with Crippen molar-refractivity contribution in [3.8, 4) is 0 Å². The van der Waals surface area contributed by atoms with Gasteiger partial charge in [-0.15, -0.1) is 0 Å². The van der Waals surface area contributed by atoms with Gasteiger partial charge in [0.2, 0.25) is 0 Å². The van der Waals surface area contributed by atoms with E-state index in [4.69, 9.17) is 14.4 Å². The Kier molecular flexibility index (Phi) is 3.19. The van der Waals surface area contributed by atoms with Crippen molar-refractivity contribution < 1.29 is 27.6 Å². The summed E-state index contributed by atoms with van der Waals surface area (Å²) in [6.07, 6.45) is -4.41. The van der Waals surface area contributed by atoms with Gasteiger partial charge in [0.1, 0.15) is 0 Å². The van der Waals surface area contributed by atoms with Gasteiger partial charge in [-0.25, -0.2) is 0 Å². The van der Waals surface area contributed by atoms with Crippen molar-refractivity contribution in [1.82, 2.24) is 0 Å². The predicted molar refractivity (Wildman–Crippen MR) is 47.6 cm³/mol. The molecule has 1 aromatic carbocycles. The molecule has 0 fully saturated rings. The molecule has 3 nitrogen and oxygen atoms in total. The molecule has 0 aliphatic rings. The molecule has 0 bridgehead atoms. The molecule has 0 amide bonds. The number of alkyl halides is 3. The lowest BCUT2D eigenvalue weighted by Crippen LogP contribution is -2.37. The van der Waals surface area contributed by atoms with Gasteiger partial charge in [-0.05, 0) is 17.7 Å². The smallest absolute Gasteiger partial charge is 0.390 e. The summed E-state index contributed by atoms with van der Waals surface area (Å²) in [4.78, 5) is 26.2. The normalized spacial score (nSPS) is 12.9. The third-order valence-corrected chi connectivity index (χ3v) is 2.61. The zero-order valence-corrected chi connectivity index (χ0v) is 8.49. The lowest BCUT2D eigenvalue weighted by atomic mass is 10.1. The first-order valence-electron chi connectivity index (χ1n) is 4.02. The monoisotopic (exact) mass is 238 g/mol. The van der Waals surface area contributed by atoms with Crippen LogP contribution >= 0.6 is 0 Å². The Labute approximate surface area is 84.8 Å². The van der Waals surface area contributed by atoms with Crippen molar-refractivity contribution in [3.05, 3.63) is 35.4 Å². The molecule has 0 aromatic heterocycles. The van der Waals surface area contributed by atoms with E-state index in [9.17, 15) is 13.2 Å². The molecule has 0 aliphatic heterocycles. The molecule has 1 aromatic rings. The van der Waals surface area contributed by atoms with Gasteiger partial charge < -0.3 is 14.4 Å². The molecule has 0 unspecified atom stereocenters. The first kappa shape index (κ1) is 12.2. The summed E-state index contributed by atoms with van der Waals surface area (Å²) in [7, 11) is -4.24. The summed E-state index contributed by atoms with van der Waals surface area (Å²) < 4.78 is 36.4. The van der Waals surface area contributed by atoms with Crippen LogP contribution in [0, 0.1) is 0 Å². The van der Waals surface area contributed by atoms with Crippen molar-refractivity contribution >= 4 is 8.80 Å². The third kappa shape index (κ3) is 4.00. The summed E-state index contributed by atoms with van der Waals surface area (Å²) in [5.41, 5.74) is -0.561. The van der Waals surface area contributed by atoms with Crippen LogP contribution in [0.25, 0.3) is 0 Å². The van der Waals surface area contributed by atoms with E-state index in [0.29, 0.717) is 0 Å². The van der Waals surface area contributed by atoms with Crippen molar-refractivity contribution in [2.24, 2.45) is 0 Å². The molecule has 0 saturated carbocycles. The molecule has 0 spiro atoms. The average Bonchev–Trinajstić information content (AvgIpc) is 2.00. The van der Waals surface area contributed by atoms with E-state index in [0.717, 1.165) is 24.3 Å². The zero-order chi connectivity index (χ0) is 11.7. The second-order valence-corrected chi connectivity index (χ2v) is 5.05. The fraction of sp³-hybridized carbons (Fsp3) is 0.250. The summed E-state index contributed by atoms with van der Waals surface area (Å²) in [5.74, 6) is 0. The van der Waals surface area contributed by atoms with Gasteiger partial charge >= 0.3 is 15.0 Å². The Morgan fingerprint density at radius 3 is 1.80 bits per heavy atom. The minimum atomic E-state index is -4.41. The SMILES string of the molecule is O[Si](O)(O)Cc1ccc(C(F)(F)F)cc1. The van der Waals surface area contributed by atoms with Gasteiger partial charge in [-0.3, -0.25) is 0 Å². The van der Waals surface area contributed by atoms with Crippen LogP contribution in [0.2, 0.25) is 0 Å². The summed E-state index contributed by atoms with van der Waals surface area (Å²) in [5, 5.41) is 0. The van der Waals surface area contributed by atoms with Gasteiger partial charge in [-0.1, -0.05) is 12.1 Å². The van der Waals surface area contributed by atoms with Crippen LogP contribution in [-0.4, -0.2) is 23.2 Å². The highest BCUT2D eigenvalue weighted by Gasteiger charge is 2.31. The maximum absolute atomic E-state index is 12.1. The van der Waals surface area contributed by atoms with E-state index in [-0.39, 0.29) is 5.56 Å². The standard InChI is InChI=1S/C8H9F3O3Si/c9-8(10,11)7-3-1-6(2-4-7)5-15(12,13)14/h1-4,12-14H,5H2. The van der Waals surface area contributed by atoms with Crippen molar-refractivity contribution in [2.45, 2.75) is 12.2 Å². The van der Waals surface area contributed by atoms with E-state index < -0.39 is 26.6 Å². The highest BCUT2D eigenvalue weighted by atomic mass is 28.4. The maximum atomic E-state index is 12.1. The van der Waals surface area contributed by atoms with Crippen LogP contribution in [0.4, 0.5) is 13.2 Å². The molecule has 3 N–H and O–H groups in total. The molecule has 7 heteroatoms. The minimum Gasteiger partial charge on any atom is -0.390 e. The van der Waals surface area contributed by atoms with Crippen LogP contribution < -0.4 is 0 Å².